The maximum Gasteiger partial charge on any atom is 0.288 e. The Morgan fingerprint density at radius 3 is 2.51 bits per heavy atom. The molecule has 2 saturated heterocycles. The molecule has 0 bridgehead atoms. The Kier molecular flexibility index (Phi) is 7.70. The summed E-state index contributed by atoms with van der Waals surface area (Å²) in [6, 6.07) is 5.27. The number of halogens is 3. The van der Waals surface area contributed by atoms with E-state index >= 15 is 8.78 Å². The first-order valence-corrected chi connectivity index (χ1v) is 12.9. The highest BCUT2D eigenvalue weighted by atomic mass is 35.5. The monoisotopic (exact) mass is 527 g/mol. The molecular formula is C22H24ClF2N5O4S. The van der Waals surface area contributed by atoms with Crippen LogP contribution in [0.3, 0.4) is 0 Å². The van der Waals surface area contributed by atoms with Gasteiger partial charge in [0.25, 0.3) is 5.56 Å². The summed E-state index contributed by atoms with van der Waals surface area (Å²) in [5.74, 6) is 0.245. The van der Waals surface area contributed by atoms with Crippen LogP contribution in [0, 0.1) is 17.2 Å². The van der Waals surface area contributed by atoms with E-state index in [-0.39, 0.29) is 27.1 Å². The summed E-state index contributed by atoms with van der Waals surface area (Å²) in [5.41, 5.74) is -0.359. The number of alkyl halides is 2. The number of nitrogens with one attached hydrogen (secondary N) is 1. The Hall–Kier alpha value is -2.59. The summed E-state index contributed by atoms with van der Waals surface area (Å²) in [7, 11) is -4.21. The molecule has 2 aliphatic heterocycles. The predicted octanol–water partition coefficient (Wildman–Crippen LogP) is 2.53. The second kappa shape index (κ2) is 10.6. The molecule has 3 heterocycles. The number of nitrogens with zero attached hydrogens (tertiary/aromatic N) is 4. The normalized spacial score (nSPS) is 25.7. The van der Waals surface area contributed by atoms with Crippen molar-refractivity contribution in [1.82, 2.24) is 14.1 Å². The third-order valence-electron chi connectivity index (χ3n) is 6.18. The number of ether oxygens (including phenoxy) is 1. The van der Waals surface area contributed by atoms with Gasteiger partial charge in [-0.25, -0.2) is 21.9 Å². The first kappa shape index (κ1) is 25.5. The van der Waals surface area contributed by atoms with E-state index in [1.165, 1.54) is 30.5 Å². The van der Waals surface area contributed by atoms with Crippen LogP contribution in [-0.2, 0) is 14.8 Å². The van der Waals surface area contributed by atoms with E-state index in [0.717, 1.165) is 19.4 Å². The quantitative estimate of drug-likeness (QED) is 0.613. The fourth-order valence-electron chi connectivity index (χ4n) is 4.26. The molecule has 2 fully saturated rings. The molecule has 1 unspecified atom stereocenters. The highest BCUT2D eigenvalue weighted by molar-refractivity contribution is 7.89. The maximum absolute atomic E-state index is 15.1. The number of benzene rings is 1. The fraction of sp³-hybridized carbons (Fsp3) is 0.500. The number of hydrogen-bond acceptors (Lipinski definition) is 7. The van der Waals surface area contributed by atoms with Crippen LogP contribution < -0.4 is 10.9 Å². The lowest BCUT2D eigenvalue weighted by molar-refractivity contribution is 0.0491. The van der Waals surface area contributed by atoms with Gasteiger partial charge in [0.15, 0.2) is 0 Å². The largest absolute Gasteiger partial charge is 0.382 e. The lowest BCUT2D eigenvalue weighted by Crippen LogP contribution is -2.53. The topological polar surface area (TPSA) is 117 Å². The van der Waals surface area contributed by atoms with Crippen LogP contribution in [0.4, 0.5) is 14.5 Å². The van der Waals surface area contributed by atoms with E-state index in [2.05, 4.69) is 10.4 Å². The van der Waals surface area contributed by atoms with Crippen LogP contribution in [-0.4, -0.2) is 67.7 Å². The second-order valence-corrected chi connectivity index (χ2v) is 10.9. The van der Waals surface area contributed by atoms with Crippen LogP contribution in [0.2, 0.25) is 5.02 Å². The summed E-state index contributed by atoms with van der Waals surface area (Å²) in [4.78, 5) is 12.6. The molecule has 35 heavy (non-hydrogen) atoms. The highest BCUT2D eigenvalue weighted by Crippen LogP contribution is 2.31. The minimum absolute atomic E-state index is 0.188. The standard InChI is InChI=1S/C22H24ClF2N5O4S/c23-20-19(27-9-15-2-1-7-34-13-15)10-28-30(22(20)31)21-17(24)11-29(12-18(21)25)35(32,33)16-5-3-14(8-26)4-6-16/h3-6,10,15,17-18,21,27H,1-2,7,9,11-13H2/t15-,17-,18+,21?/m1/s1. The van der Waals surface area contributed by atoms with Gasteiger partial charge in [-0.1, -0.05) is 11.6 Å². The van der Waals surface area contributed by atoms with Crippen molar-refractivity contribution in [2.75, 3.05) is 38.2 Å². The first-order chi connectivity index (χ1) is 16.7. The van der Waals surface area contributed by atoms with E-state index in [9.17, 15) is 13.2 Å². The SMILES string of the molecule is N#Cc1ccc(S(=O)(=O)N2C[C@@H](F)C(n3ncc(NC[C@H]4CCCOC4)c(Cl)c3=O)[C@@H](F)C2)cc1. The minimum Gasteiger partial charge on any atom is -0.382 e. The molecule has 4 atom stereocenters. The van der Waals surface area contributed by atoms with Gasteiger partial charge in [0.2, 0.25) is 10.0 Å². The van der Waals surface area contributed by atoms with Crippen LogP contribution in [0.15, 0.2) is 40.2 Å². The van der Waals surface area contributed by atoms with Gasteiger partial charge in [-0.2, -0.15) is 14.7 Å². The van der Waals surface area contributed by atoms with Crippen molar-refractivity contribution in [2.45, 2.75) is 36.1 Å². The number of anilines is 1. The maximum atomic E-state index is 15.1. The van der Waals surface area contributed by atoms with E-state index in [0.29, 0.717) is 22.1 Å². The van der Waals surface area contributed by atoms with Gasteiger partial charge in [-0.05, 0) is 43.0 Å². The Morgan fingerprint density at radius 1 is 1.23 bits per heavy atom. The highest BCUT2D eigenvalue weighted by Gasteiger charge is 2.44. The van der Waals surface area contributed by atoms with Crippen LogP contribution in [0.1, 0.15) is 24.4 Å². The smallest absolute Gasteiger partial charge is 0.288 e. The molecule has 0 radical (unpaired) electrons. The van der Waals surface area contributed by atoms with Crippen LogP contribution in [0.5, 0.6) is 0 Å². The lowest BCUT2D eigenvalue weighted by Gasteiger charge is -2.36. The third kappa shape index (κ3) is 5.33. The van der Waals surface area contributed by atoms with Gasteiger partial charge < -0.3 is 10.1 Å². The Balaban J connectivity index is 1.49. The van der Waals surface area contributed by atoms with Crippen molar-refractivity contribution in [1.29, 1.82) is 5.26 Å². The van der Waals surface area contributed by atoms with E-state index in [4.69, 9.17) is 21.6 Å². The molecular weight excluding hydrogens is 504 g/mol. The van der Waals surface area contributed by atoms with Crippen molar-refractivity contribution < 1.29 is 21.9 Å². The summed E-state index contributed by atoms with van der Waals surface area (Å²) in [6.07, 6.45) is -0.952. The second-order valence-electron chi connectivity index (χ2n) is 8.57. The van der Waals surface area contributed by atoms with Gasteiger partial charge in [0, 0.05) is 26.2 Å². The predicted molar refractivity (Wildman–Crippen MR) is 124 cm³/mol. The lowest BCUT2D eigenvalue weighted by atomic mass is 10.0. The number of nitriles is 1. The molecule has 0 saturated carbocycles. The zero-order chi connectivity index (χ0) is 25.2. The molecule has 188 valence electrons. The van der Waals surface area contributed by atoms with E-state index in [1.807, 2.05) is 6.07 Å². The third-order valence-corrected chi connectivity index (χ3v) is 8.39. The number of piperidine rings is 1. The van der Waals surface area contributed by atoms with Crippen LogP contribution in [0.25, 0.3) is 0 Å². The van der Waals surface area contributed by atoms with Gasteiger partial charge in [-0.15, -0.1) is 0 Å². The molecule has 1 N–H and O–H groups in total. The zero-order valence-electron chi connectivity index (χ0n) is 18.6. The number of rotatable bonds is 6. The number of hydrogen-bond donors (Lipinski definition) is 1. The summed E-state index contributed by atoms with van der Waals surface area (Å²) >= 11 is 6.20. The fourth-order valence-corrected chi connectivity index (χ4v) is 5.92. The molecule has 4 rings (SSSR count). The zero-order valence-corrected chi connectivity index (χ0v) is 20.2. The molecule has 1 aromatic heterocycles. The average Bonchev–Trinajstić information content (AvgIpc) is 2.86. The summed E-state index contributed by atoms with van der Waals surface area (Å²) in [6.45, 7) is 0.485. The number of aromatic nitrogens is 2. The molecule has 13 heteroatoms. The Morgan fingerprint density at radius 2 is 1.91 bits per heavy atom. The Bertz CT molecular complexity index is 1250. The van der Waals surface area contributed by atoms with Gasteiger partial charge in [0.05, 0.1) is 35.0 Å². The van der Waals surface area contributed by atoms with Gasteiger partial charge >= 0.3 is 0 Å². The molecule has 1 aromatic carbocycles. The number of sulfonamides is 1. The van der Waals surface area contributed by atoms with Crippen molar-refractivity contribution >= 4 is 27.3 Å². The van der Waals surface area contributed by atoms with Gasteiger partial charge in [-0.3, -0.25) is 4.79 Å². The average molecular weight is 528 g/mol. The van der Waals surface area contributed by atoms with Crippen molar-refractivity contribution in [3.8, 4) is 6.07 Å². The molecule has 0 spiro atoms. The molecule has 2 aromatic rings. The molecule has 9 nitrogen and oxygen atoms in total. The van der Waals surface area contributed by atoms with Crippen LogP contribution >= 0.6 is 11.6 Å². The first-order valence-electron chi connectivity index (χ1n) is 11.1. The van der Waals surface area contributed by atoms with Crippen molar-refractivity contribution in [3.05, 3.63) is 51.4 Å². The van der Waals surface area contributed by atoms with Crippen molar-refractivity contribution in [2.24, 2.45) is 5.92 Å². The minimum atomic E-state index is -4.21. The molecule has 2 aliphatic rings. The van der Waals surface area contributed by atoms with E-state index in [1.54, 1.807) is 0 Å². The summed E-state index contributed by atoms with van der Waals surface area (Å²) in [5, 5.41) is 15.6. The van der Waals surface area contributed by atoms with Crippen molar-refractivity contribution in [3.63, 3.8) is 0 Å². The van der Waals surface area contributed by atoms with Gasteiger partial charge in [0.1, 0.15) is 23.4 Å². The Labute approximate surface area is 206 Å². The van der Waals surface area contributed by atoms with E-state index < -0.39 is 47.1 Å². The molecule has 0 aliphatic carbocycles. The summed E-state index contributed by atoms with van der Waals surface area (Å²) < 4.78 is 62.8. The molecule has 0 amide bonds.